The number of pyridine rings is 1. The molecule has 0 aliphatic rings. The second-order valence-corrected chi connectivity index (χ2v) is 3.82. The molecule has 0 spiro atoms. The summed E-state index contributed by atoms with van der Waals surface area (Å²) < 4.78 is 12.6. The Hall–Kier alpha value is -1.98. The summed E-state index contributed by atoms with van der Waals surface area (Å²) in [4.78, 5) is 29.3. The van der Waals surface area contributed by atoms with Crippen LogP contribution in [0.15, 0.2) is 18.3 Å². The van der Waals surface area contributed by atoms with Gasteiger partial charge >= 0.3 is 0 Å². The molecule has 92 valence electrons. The van der Waals surface area contributed by atoms with E-state index in [9.17, 15) is 14.0 Å². The monoisotopic (exact) mass is 239 g/mol. The topological polar surface area (TPSA) is 53.5 Å². The van der Waals surface area contributed by atoms with Gasteiger partial charge in [0.05, 0.1) is 12.1 Å². The van der Waals surface area contributed by atoms with E-state index in [2.05, 4.69) is 4.98 Å². The quantitative estimate of drug-likeness (QED) is 0.717. The van der Waals surface area contributed by atoms with E-state index in [1.807, 2.05) is 0 Å². The van der Waals surface area contributed by atoms with Gasteiger partial charge in [-0.05, 0) is 12.1 Å². The first-order valence-corrected chi connectivity index (χ1v) is 4.99. The minimum atomic E-state index is -0.645. The van der Waals surface area contributed by atoms with Crippen molar-refractivity contribution in [3.8, 4) is 0 Å². The highest BCUT2D eigenvalue weighted by molar-refractivity contribution is 5.95. The van der Waals surface area contributed by atoms with Crippen LogP contribution in [0, 0.1) is 5.95 Å². The third-order valence-electron chi connectivity index (χ3n) is 2.19. The first-order chi connectivity index (χ1) is 7.91. The van der Waals surface area contributed by atoms with Crippen molar-refractivity contribution in [1.29, 1.82) is 0 Å². The van der Waals surface area contributed by atoms with Gasteiger partial charge in [-0.3, -0.25) is 9.59 Å². The molecule has 0 atom stereocenters. The van der Waals surface area contributed by atoms with Crippen molar-refractivity contribution in [2.75, 3.05) is 27.7 Å². The molecule has 0 aromatic carbocycles. The van der Waals surface area contributed by atoms with E-state index in [0.717, 1.165) is 12.3 Å². The Morgan fingerprint density at radius 1 is 1.29 bits per heavy atom. The minimum absolute atomic E-state index is 0.0246. The van der Waals surface area contributed by atoms with Gasteiger partial charge in [0, 0.05) is 27.3 Å². The van der Waals surface area contributed by atoms with Gasteiger partial charge in [-0.1, -0.05) is 0 Å². The second-order valence-electron chi connectivity index (χ2n) is 3.82. The van der Waals surface area contributed by atoms with E-state index < -0.39 is 5.95 Å². The highest BCUT2D eigenvalue weighted by atomic mass is 19.1. The van der Waals surface area contributed by atoms with Gasteiger partial charge < -0.3 is 9.80 Å². The molecule has 0 fully saturated rings. The summed E-state index contributed by atoms with van der Waals surface area (Å²) in [6.45, 7) is -0.0246. The zero-order valence-corrected chi connectivity index (χ0v) is 9.98. The van der Waals surface area contributed by atoms with Crippen LogP contribution in [0.25, 0.3) is 0 Å². The van der Waals surface area contributed by atoms with E-state index in [0.29, 0.717) is 0 Å². The maximum Gasteiger partial charge on any atom is 0.255 e. The van der Waals surface area contributed by atoms with Gasteiger partial charge in [0.1, 0.15) is 0 Å². The number of hydrogen-bond donors (Lipinski definition) is 0. The number of likely N-dealkylation sites (N-methyl/N-ethyl adjacent to an activating group) is 2. The van der Waals surface area contributed by atoms with Crippen molar-refractivity contribution in [2.45, 2.75) is 0 Å². The van der Waals surface area contributed by atoms with Crippen molar-refractivity contribution < 1.29 is 14.0 Å². The van der Waals surface area contributed by atoms with Gasteiger partial charge in [-0.15, -0.1) is 0 Å². The van der Waals surface area contributed by atoms with Gasteiger partial charge in [0.25, 0.3) is 5.91 Å². The molecule has 0 N–H and O–H groups in total. The lowest BCUT2D eigenvalue weighted by atomic mass is 10.2. The SMILES string of the molecule is CN(C)C(=O)CN(C)C(=O)c1ccc(F)nc1. The molecule has 0 bridgehead atoms. The van der Waals surface area contributed by atoms with Crippen LogP contribution in [0.3, 0.4) is 0 Å². The number of nitrogens with zero attached hydrogens (tertiary/aromatic N) is 3. The molecule has 0 radical (unpaired) electrons. The van der Waals surface area contributed by atoms with Crippen LogP contribution in [0.4, 0.5) is 4.39 Å². The highest BCUT2D eigenvalue weighted by Gasteiger charge is 2.16. The maximum atomic E-state index is 12.6. The third-order valence-corrected chi connectivity index (χ3v) is 2.19. The van der Waals surface area contributed by atoms with Crippen LogP contribution >= 0.6 is 0 Å². The molecule has 0 saturated heterocycles. The first kappa shape index (κ1) is 13.1. The Balaban J connectivity index is 2.70. The van der Waals surface area contributed by atoms with E-state index >= 15 is 0 Å². The third kappa shape index (κ3) is 3.51. The summed E-state index contributed by atoms with van der Waals surface area (Å²) in [7, 11) is 4.73. The van der Waals surface area contributed by atoms with Gasteiger partial charge in [-0.2, -0.15) is 4.39 Å². The Bertz CT molecular complexity index is 417. The van der Waals surface area contributed by atoms with Gasteiger partial charge in [0.15, 0.2) is 0 Å². The molecule has 0 saturated carbocycles. The van der Waals surface area contributed by atoms with Crippen molar-refractivity contribution >= 4 is 11.8 Å². The summed E-state index contributed by atoms with van der Waals surface area (Å²) in [5.41, 5.74) is 0.250. The summed E-state index contributed by atoms with van der Waals surface area (Å²) in [5, 5.41) is 0. The number of amides is 2. The smallest absolute Gasteiger partial charge is 0.255 e. The minimum Gasteiger partial charge on any atom is -0.347 e. The zero-order valence-electron chi connectivity index (χ0n) is 9.98. The second kappa shape index (κ2) is 5.38. The van der Waals surface area contributed by atoms with Crippen molar-refractivity contribution in [1.82, 2.24) is 14.8 Å². The van der Waals surface area contributed by atoms with Gasteiger partial charge in [-0.25, -0.2) is 4.98 Å². The lowest BCUT2D eigenvalue weighted by molar-refractivity contribution is -0.129. The molecule has 1 rings (SSSR count). The van der Waals surface area contributed by atoms with Crippen molar-refractivity contribution in [2.24, 2.45) is 0 Å². The highest BCUT2D eigenvalue weighted by Crippen LogP contribution is 2.03. The predicted octanol–water partition coefficient (Wildman–Crippen LogP) is 0.381. The zero-order chi connectivity index (χ0) is 13.0. The fourth-order valence-electron chi connectivity index (χ4n) is 1.14. The molecule has 17 heavy (non-hydrogen) atoms. The van der Waals surface area contributed by atoms with E-state index in [4.69, 9.17) is 0 Å². The molecule has 1 aromatic heterocycles. The molecule has 0 aliphatic carbocycles. The van der Waals surface area contributed by atoms with Crippen LogP contribution < -0.4 is 0 Å². The van der Waals surface area contributed by atoms with Crippen LogP contribution in [0.1, 0.15) is 10.4 Å². The molecular formula is C11H14FN3O2. The Labute approximate surface area is 98.8 Å². The molecule has 1 aromatic rings. The number of rotatable bonds is 3. The average molecular weight is 239 g/mol. The molecule has 1 heterocycles. The Morgan fingerprint density at radius 3 is 2.41 bits per heavy atom. The lowest BCUT2D eigenvalue weighted by Gasteiger charge is -2.19. The maximum absolute atomic E-state index is 12.6. The van der Waals surface area contributed by atoms with E-state index in [1.165, 1.54) is 22.9 Å². The number of carbonyl (C=O) groups excluding carboxylic acids is 2. The molecule has 0 unspecified atom stereocenters. The van der Waals surface area contributed by atoms with E-state index in [-0.39, 0.29) is 23.9 Å². The lowest BCUT2D eigenvalue weighted by Crippen LogP contribution is -2.37. The van der Waals surface area contributed by atoms with Crippen LogP contribution in [-0.4, -0.2) is 54.3 Å². The van der Waals surface area contributed by atoms with Crippen molar-refractivity contribution in [3.63, 3.8) is 0 Å². The molecule has 6 heteroatoms. The summed E-state index contributed by atoms with van der Waals surface area (Å²) in [5.74, 6) is -1.20. The predicted molar refractivity (Wildman–Crippen MR) is 59.8 cm³/mol. The summed E-state index contributed by atoms with van der Waals surface area (Å²) in [6.07, 6.45) is 1.15. The molecule has 2 amide bonds. The van der Waals surface area contributed by atoms with E-state index in [1.54, 1.807) is 14.1 Å². The molecular weight excluding hydrogens is 225 g/mol. The number of hydrogen-bond acceptors (Lipinski definition) is 3. The fraction of sp³-hybridized carbons (Fsp3) is 0.364. The summed E-state index contributed by atoms with van der Waals surface area (Å²) >= 11 is 0. The van der Waals surface area contributed by atoms with Crippen molar-refractivity contribution in [3.05, 3.63) is 29.8 Å². The Kier molecular flexibility index (Phi) is 4.14. The molecule has 5 nitrogen and oxygen atoms in total. The molecule has 0 aliphatic heterocycles. The largest absolute Gasteiger partial charge is 0.347 e. The summed E-state index contributed by atoms with van der Waals surface area (Å²) in [6, 6.07) is 2.44. The fourth-order valence-corrected chi connectivity index (χ4v) is 1.14. The van der Waals surface area contributed by atoms with Crippen LogP contribution in [0.5, 0.6) is 0 Å². The number of carbonyl (C=O) groups is 2. The van der Waals surface area contributed by atoms with Crippen LogP contribution in [0.2, 0.25) is 0 Å². The first-order valence-electron chi connectivity index (χ1n) is 4.99. The standard InChI is InChI=1S/C11H14FN3O2/c1-14(2)10(16)7-15(3)11(17)8-4-5-9(12)13-6-8/h4-6H,7H2,1-3H3. The normalized spacial score (nSPS) is 9.88. The average Bonchev–Trinajstić information content (AvgIpc) is 2.28. The number of aromatic nitrogens is 1. The number of halogens is 1. The van der Waals surface area contributed by atoms with Gasteiger partial charge in [0.2, 0.25) is 11.9 Å². The Morgan fingerprint density at radius 2 is 1.94 bits per heavy atom. The van der Waals surface area contributed by atoms with Crippen LogP contribution in [-0.2, 0) is 4.79 Å².